The Balaban J connectivity index is 1.98. The molecule has 2 rings (SSSR count). The van der Waals surface area contributed by atoms with Gasteiger partial charge in [0.15, 0.2) is 0 Å². The first kappa shape index (κ1) is 16.6. The normalized spacial score (nSPS) is 21.2. The Morgan fingerprint density at radius 2 is 1.86 bits per heavy atom. The molecular weight excluding hydrogens is 284 g/mol. The zero-order valence-corrected chi connectivity index (χ0v) is 14.5. The van der Waals surface area contributed by atoms with Gasteiger partial charge in [0.05, 0.1) is 12.1 Å². The predicted octanol–water partition coefficient (Wildman–Crippen LogP) is 3.75. The van der Waals surface area contributed by atoms with Crippen LogP contribution in [0.3, 0.4) is 0 Å². The Morgan fingerprint density at radius 3 is 2.38 bits per heavy atom. The number of benzene rings is 1. The summed E-state index contributed by atoms with van der Waals surface area (Å²) < 4.78 is 5.19. The summed E-state index contributed by atoms with van der Waals surface area (Å²) in [6, 6.07) is 6.48. The fourth-order valence-electron chi connectivity index (χ4n) is 3.55. The molecule has 1 aliphatic heterocycles. The Labute approximate surface area is 133 Å². The fourth-order valence-corrected chi connectivity index (χ4v) is 3.83. The van der Waals surface area contributed by atoms with E-state index in [1.165, 1.54) is 5.56 Å². The van der Waals surface area contributed by atoms with E-state index in [0.717, 1.165) is 25.1 Å². The zero-order valence-electron chi connectivity index (χ0n) is 13.7. The molecule has 1 heterocycles. The lowest BCUT2D eigenvalue weighted by molar-refractivity contribution is 0.145. The molecule has 2 N–H and O–H groups in total. The second-order valence-corrected chi connectivity index (χ2v) is 7.75. The molecule has 1 aromatic rings. The van der Waals surface area contributed by atoms with Crippen LogP contribution in [-0.4, -0.2) is 24.2 Å². The SMILES string of the molecule is COc1ccc(CNC2CC(C)(C)NC(C)(C)C2)cc1Cl. The maximum absolute atomic E-state index is 6.18. The number of hydrogen-bond acceptors (Lipinski definition) is 3. The van der Waals surface area contributed by atoms with Crippen molar-refractivity contribution in [3.63, 3.8) is 0 Å². The van der Waals surface area contributed by atoms with Crippen LogP contribution in [0.4, 0.5) is 0 Å². The summed E-state index contributed by atoms with van der Waals surface area (Å²) in [6.45, 7) is 9.92. The van der Waals surface area contributed by atoms with Crippen LogP contribution in [0.5, 0.6) is 5.75 Å². The number of piperidine rings is 1. The van der Waals surface area contributed by atoms with Gasteiger partial charge in [-0.25, -0.2) is 0 Å². The molecule has 0 spiro atoms. The minimum atomic E-state index is 0.164. The van der Waals surface area contributed by atoms with Crippen LogP contribution in [0, 0.1) is 0 Å². The monoisotopic (exact) mass is 310 g/mol. The average molecular weight is 311 g/mol. The molecule has 1 saturated heterocycles. The molecule has 1 fully saturated rings. The van der Waals surface area contributed by atoms with Gasteiger partial charge in [0.25, 0.3) is 0 Å². The highest BCUT2D eigenvalue weighted by Crippen LogP contribution is 2.29. The summed E-state index contributed by atoms with van der Waals surface area (Å²) in [6.07, 6.45) is 2.25. The van der Waals surface area contributed by atoms with Crippen molar-refractivity contribution in [2.45, 2.75) is 64.2 Å². The summed E-state index contributed by atoms with van der Waals surface area (Å²) >= 11 is 6.18. The smallest absolute Gasteiger partial charge is 0.137 e. The van der Waals surface area contributed by atoms with Gasteiger partial charge >= 0.3 is 0 Å². The number of nitrogens with one attached hydrogen (secondary N) is 2. The molecule has 1 aliphatic rings. The molecule has 0 amide bonds. The van der Waals surface area contributed by atoms with Crippen molar-refractivity contribution < 1.29 is 4.74 Å². The topological polar surface area (TPSA) is 33.3 Å². The van der Waals surface area contributed by atoms with E-state index in [1.807, 2.05) is 12.1 Å². The molecule has 0 atom stereocenters. The predicted molar refractivity (Wildman–Crippen MR) is 89.2 cm³/mol. The van der Waals surface area contributed by atoms with Gasteiger partial charge in [-0.05, 0) is 58.2 Å². The number of hydrogen-bond donors (Lipinski definition) is 2. The van der Waals surface area contributed by atoms with E-state index in [-0.39, 0.29) is 11.1 Å². The lowest BCUT2D eigenvalue weighted by Crippen LogP contribution is -2.61. The van der Waals surface area contributed by atoms with Gasteiger partial charge in [0.2, 0.25) is 0 Å². The molecule has 1 aromatic carbocycles. The van der Waals surface area contributed by atoms with Gasteiger partial charge in [-0.1, -0.05) is 17.7 Å². The minimum Gasteiger partial charge on any atom is -0.495 e. The van der Waals surface area contributed by atoms with Gasteiger partial charge in [-0.3, -0.25) is 0 Å². The molecule has 0 saturated carbocycles. The minimum absolute atomic E-state index is 0.164. The second kappa shape index (κ2) is 6.15. The van der Waals surface area contributed by atoms with Crippen LogP contribution in [0.25, 0.3) is 0 Å². The molecular formula is C17H27ClN2O. The van der Waals surface area contributed by atoms with Crippen molar-refractivity contribution in [1.29, 1.82) is 0 Å². The van der Waals surface area contributed by atoms with Crippen molar-refractivity contribution in [3.05, 3.63) is 28.8 Å². The molecule has 0 radical (unpaired) electrons. The van der Waals surface area contributed by atoms with Gasteiger partial charge in [0, 0.05) is 23.7 Å². The maximum Gasteiger partial charge on any atom is 0.137 e. The summed E-state index contributed by atoms with van der Waals surface area (Å²) in [4.78, 5) is 0. The Morgan fingerprint density at radius 1 is 1.24 bits per heavy atom. The summed E-state index contributed by atoms with van der Waals surface area (Å²) in [5, 5.41) is 8.05. The van der Waals surface area contributed by atoms with E-state index in [1.54, 1.807) is 7.11 Å². The summed E-state index contributed by atoms with van der Waals surface area (Å²) in [5.41, 5.74) is 1.52. The van der Waals surface area contributed by atoms with E-state index in [9.17, 15) is 0 Å². The van der Waals surface area contributed by atoms with Gasteiger partial charge in [-0.2, -0.15) is 0 Å². The Bertz CT molecular complexity index is 484. The second-order valence-electron chi connectivity index (χ2n) is 7.35. The van der Waals surface area contributed by atoms with Crippen LogP contribution < -0.4 is 15.4 Å². The summed E-state index contributed by atoms with van der Waals surface area (Å²) in [5.74, 6) is 0.726. The Hall–Kier alpha value is -0.770. The zero-order chi connectivity index (χ0) is 15.7. The highest BCUT2D eigenvalue weighted by atomic mass is 35.5. The molecule has 0 bridgehead atoms. The first-order valence-electron chi connectivity index (χ1n) is 7.56. The highest BCUT2D eigenvalue weighted by molar-refractivity contribution is 6.32. The molecule has 118 valence electrons. The molecule has 0 unspecified atom stereocenters. The third kappa shape index (κ3) is 4.60. The van der Waals surface area contributed by atoms with E-state index >= 15 is 0 Å². The van der Waals surface area contributed by atoms with E-state index in [2.05, 4.69) is 44.4 Å². The molecule has 0 aliphatic carbocycles. The van der Waals surface area contributed by atoms with Crippen LogP contribution in [0.2, 0.25) is 5.02 Å². The molecule has 21 heavy (non-hydrogen) atoms. The Kier molecular flexibility index (Phi) is 4.86. The highest BCUT2D eigenvalue weighted by Gasteiger charge is 2.37. The van der Waals surface area contributed by atoms with Crippen molar-refractivity contribution in [2.24, 2.45) is 0 Å². The maximum atomic E-state index is 6.18. The first-order valence-corrected chi connectivity index (χ1v) is 7.94. The molecule has 4 heteroatoms. The number of halogens is 1. The third-order valence-electron chi connectivity index (χ3n) is 4.00. The van der Waals surface area contributed by atoms with Crippen molar-refractivity contribution >= 4 is 11.6 Å². The molecule has 0 aromatic heterocycles. The number of ether oxygens (including phenoxy) is 1. The van der Waals surface area contributed by atoms with Crippen LogP contribution in [0.1, 0.15) is 46.1 Å². The fraction of sp³-hybridized carbons (Fsp3) is 0.647. The lowest BCUT2D eigenvalue weighted by atomic mass is 9.79. The van der Waals surface area contributed by atoms with Crippen LogP contribution in [-0.2, 0) is 6.54 Å². The van der Waals surface area contributed by atoms with Crippen molar-refractivity contribution in [2.75, 3.05) is 7.11 Å². The van der Waals surface area contributed by atoms with Gasteiger partial charge in [0.1, 0.15) is 5.75 Å². The number of methoxy groups -OCH3 is 1. The standard InChI is InChI=1S/C17H27ClN2O/c1-16(2)9-13(10-17(3,4)20-16)19-11-12-6-7-15(21-5)14(18)8-12/h6-8,13,19-20H,9-11H2,1-5H3. The summed E-state index contributed by atoms with van der Waals surface area (Å²) in [7, 11) is 1.64. The van der Waals surface area contributed by atoms with E-state index in [4.69, 9.17) is 16.3 Å². The van der Waals surface area contributed by atoms with Crippen molar-refractivity contribution in [1.82, 2.24) is 10.6 Å². The van der Waals surface area contributed by atoms with Gasteiger partial charge < -0.3 is 15.4 Å². The van der Waals surface area contributed by atoms with Crippen molar-refractivity contribution in [3.8, 4) is 5.75 Å². The first-order chi connectivity index (χ1) is 9.71. The molecule has 3 nitrogen and oxygen atoms in total. The van der Waals surface area contributed by atoms with E-state index in [0.29, 0.717) is 11.1 Å². The average Bonchev–Trinajstić information content (AvgIpc) is 2.33. The third-order valence-corrected chi connectivity index (χ3v) is 4.30. The van der Waals surface area contributed by atoms with E-state index < -0.39 is 0 Å². The largest absolute Gasteiger partial charge is 0.495 e. The van der Waals surface area contributed by atoms with Crippen LogP contribution in [0.15, 0.2) is 18.2 Å². The quantitative estimate of drug-likeness (QED) is 0.888. The van der Waals surface area contributed by atoms with Gasteiger partial charge in [-0.15, -0.1) is 0 Å². The lowest BCUT2D eigenvalue weighted by Gasteiger charge is -2.46. The van der Waals surface area contributed by atoms with Crippen LogP contribution >= 0.6 is 11.6 Å². The number of rotatable bonds is 4.